The summed E-state index contributed by atoms with van der Waals surface area (Å²) >= 11 is 12.8. The largest absolute Gasteiger partial charge is 0.619 e. The minimum absolute atomic E-state index is 0.0283. The number of likely N-dealkylation sites (N-methyl/N-ethyl adjacent to an activating group) is 1. The van der Waals surface area contributed by atoms with Crippen molar-refractivity contribution in [3.63, 3.8) is 0 Å². The summed E-state index contributed by atoms with van der Waals surface area (Å²) in [4.78, 5) is 29.6. The number of nitrogens with one attached hydrogen (secondary N) is 1. The molecule has 1 saturated heterocycles. The fraction of sp³-hybridized carbons (Fsp3) is 0.405. The van der Waals surface area contributed by atoms with E-state index in [2.05, 4.69) is 9.62 Å². The lowest BCUT2D eigenvalue weighted by Gasteiger charge is -2.36. The molecule has 3 aromatic carbocycles. The van der Waals surface area contributed by atoms with E-state index in [0.29, 0.717) is 16.8 Å². The second kappa shape index (κ2) is 19.8. The second-order valence-electron chi connectivity index (χ2n) is 14.7. The van der Waals surface area contributed by atoms with Crippen molar-refractivity contribution in [2.45, 2.75) is 69.3 Å². The average Bonchev–Trinajstić information content (AvgIpc) is 4.06. The summed E-state index contributed by atoms with van der Waals surface area (Å²) in [7, 11) is -3.40. The molecule has 1 aliphatic heterocycles. The first-order valence-corrected chi connectivity index (χ1v) is 21.6. The number of ether oxygens (including phenoxy) is 5. The molecule has 13 nitrogen and oxygen atoms in total. The van der Waals surface area contributed by atoms with Crippen LogP contribution in [0, 0.1) is 17.0 Å². The summed E-state index contributed by atoms with van der Waals surface area (Å²) in [6, 6.07) is 14.4. The summed E-state index contributed by atoms with van der Waals surface area (Å²) in [5.41, 5.74) is 0.567. The van der Waals surface area contributed by atoms with E-state index in [1.54, 1.807) is 30.3 Å². The number of sulfonamides is 1. The van der Waals surface area contributed by atoms with Gasteiger partial charge in [-0.1, -0.05) is 73.4 Å². The normalized spacial score (nSPS) is 18.1. The minimum Gasteiger partial charge on any atom is -0.619 e. The lowest BCUT2D eigenvalue weighted by molar-refractivity contribution is -0.605. The van der Waals surface area contributed by atoms with Crippen molar-refractivity contribution in [3.05, 3.63) is 117 Å². The highest BCUT2D eigenvalue weighted by atomic mass is 35.5. The molecule has 0 spiro atoms. The molecule has 0 amide bonds. The third-order valence-electron chi connectivity index (χ3n) is 10.4. The van der Waals surface area contributed by atoms with E-state index >= 15 is 0 Å². The SMILES string of the molecule is CCN1CCC(C)[C@@H](OC(=O)C(NS(=O)(=O)c2cc(C(=O)O[C@@H](Cc3c(Cl)c[n+]([O-])cc3Cl)c3ccc(OC(F)F)c(OCC4CC4)c3)ccc2OC)c2ccccc2)C1. The zero-order valence-corrected chi connectivity index (χ0v) is 35.4. The summed E-state index contributed by atoms with van der Waals surface area (Å²) in [5.74, 6) is -1.94. The molecular formula is C42H45Cl2F2N3O10S. The standard InChI is InChI=1S/C42H45Cl2F2N3O10S/c1-4-48-17-16-25(2)37(23-48)58-41(51)39(27-8-6-5-7-9-27)47-60(53,54)38-19-29(13-15-34(38)55-3)40(50)57-35(20-30-31(43)21-49(52)22-32(30)44)28-12-14-33(59-42(45)46)36(18-28)56-24-26-10-11-26/h5-9,12-15,18-19,21-22,25-26,35,37,39,42,47H,4,10-11,16-17,20,23-24H2,1-3H3/t25?,35-,37-,39?/m0/s1. The van der Waals surface area contributed by atoms with Crippen LogP contribution in [-0.4, -0.2) is 71.3 Å². The van der Waals surface area contributed by atoms with Crippen LogP contribution in [0.3, 0.4) is 0 Å². The van der Waals surface area contributed by atoms with Crippen LogP contribution in [0.1, 0.15) is 72.3 Å². The molecule has 2 fully saturated rings. The van der Waals surface area contributed by atoms with E-state index < -0.39 is 51.7 Å². The van der Waals surface area contributed by atoms with Crippen LogP contribution < -0.4 is 23.7 Å². The first kappa shape index (κ1) is 44.8. The highest BCUT2D eigenvalue weighted by Crippen LogP contribution is 2.38. The predicted octanol–water partition coefficient (Wildman–Crippen LogP) is 7.46. The van der Waals surface area contributed by atoms with Gasteiger partial charge in [0.1, 0.15) is 38.9 Å². The molecule has 0 bridgehead atoms. The van der Waals surface area contributed by atoms with E-state index in [1.807, 2.05) is 13.8 Å². The van der Waals surface area contributed by atoms with Gasteiger partial charge in [-0.25, -0.2) is 18.0 Å². The molecule has 4 aromatic rings. The molecule has 6 rings (SSSR count). The molecular weight excluding hydrogens is 847 g/mol. The fourth-order valence-electron chi connectivity index (χ4n) is 6.74. The van der Waals surface area contributed by atoms with Crippen LogP contribution in [0.5, 0.6) is 17.2 Å². The zero-order chi connectivity index (χ0) is 43.1. The van der Waals surface area contributed by atoms with Gasteiger partial charge < -0.3 is 28.9 Å². The number of pyridine rings is 1. The van der Waals surface area contributed by atoms with Crippen LogP contribution in [0.4, 0.5) is 8.78 Å². The average molecular weight is 893 g/mol. The second-order valence-corrected chi connectivity index (χ2v) is 17.2. The maximum Gasteiger partial charge on any atom is 0.387 e. The topological polar surface area (TPSA) is 157 Å². The lowest BCUT2D eigenvalue weighted by atomic mass is 9.95. The van der Waals surface area contributed by atoms with Gasteiger partial charge in [-0.15, -0.1) is 0 Å². The summed E-state index contributed by atoms with van der Waals surface area (Å²) in [6.07, 6.45) is 2.83. The van der Waals surface area contributed by atoms with Gasteiger partial charge in [0.25, 0.3) is 0 Å². The smallest absolute Gasteiger partial charge is 0.387 e. The minimum atomic E-state index is -4.65. The van der Waals surface area contributed by atoms with Gasteiger partial charge >= 0.3 is 18.6 Å². The number of benzene rings is 3. The molecule has 2 unspecified atom stereocenters. The number of rotatable bonds is 18. The lowest BCUT2D eigenvalue weighted by Crippen LogP contribution is -2.46. The van der Waals surface area contributed by atoms with Gasteiger partial charge in [-0.3, -0.25) is 4.90 Å². The number of likely N-dealkylation sites (tertiary alicyclic amines) is 1. The Morgan fingerprint density at radius 2 is 1.67 bits per heavy atom. The van der Waals surface area contributed by atoms with Crippen LogP contribution in [0.15, 0.2) is 84.0 Å². The van der Waals surface area contributed by atoms with Crippen molar-refractivity contribution in [2.24, 2.45) is 11.8 Å². The molecule has 0 radical (unpaired) electrons. The predicted molar refractivity (Wildman–Crippen MR) is 217 cm³/mol. The van der Waals surface area contributed by atoms with Crippen molar-refractivity contribution in [2.75, 3.05) is 33.4 Å². The van der Waals surface area contributed by atoms with Crippen LogP contribution in [-0.2, 0) is 30.7 Å². The summed E-state index contributed by atoms with van der Waals surface area (Å²) in [6.45, 7) is 3.21. The van der Waals surface area contributed by atoms with Crippen LogP contribution in [0.25, 0.3) is 0 Å². The molecule has 1 saturated carbocycles. The first-order chi connectivity index (χ1) is 28.6. The Bertz CT molecular complexity index is 2250. The van der Waals surface area contributed by atoms with Gasteiger partial charge in [0.05, 0.1) is 19.3 Å². The van der Waals surface area contributed by atoms with Crippen LogP contribution in [0.2, 0.25) is 10.0 Å². The van der Waals surface area contributed by atoms with E-state index in [9.17, 15) is 32.0 Å². The number of hydrogen-bond donors (Lipinski definition) is 1. The van der Waals surface area contributed by atoms with Crippen LogP contribution >= 0.6 is 23.2 Å². The summed E-state index contributed by atoms with van der Waals surface area (Å²) < 4.78 is 86.1. The Balaban J connectivity index is 1.32. The van der Waals surface area contributed by atoms with E-state index in [1.165, 1.54) is 37.4 Å². The van der Waals surface area contributed by atoms with Gasteiger partial charge in [-0.05, 0) is 85.6 Å². The molecule has 322 valence electrons. The molecule has 1 aliphatic carbocycles. The van der Waals surface area contributed by atoms with Crippen molar-refractivity contribution >= 4 is 45.2 Å². The van der Waals surface area contributed by atoms with Crippen molar-refractivity contribution in [1.29, 1.82) is 0 Å². The van der Waals surface area contributed by atoms with Crippen molar-refractivity contribution in [1.82, 2.24) is 9.62 Å². The molecule has 60 heavy (non-hydrogen) atoms. The number of hydrogen-bond acceptors (Lipinski definition) is 11. The maximum absolute atomic E-state index is 14.3. The number of halogens is 4. The molecule has 18 heteroatoms. The van der Waals surface area contributed by atoms with Crippen molar-refractivity contribution < 1.29 is 55.2 Å². The van der Waals surface area contributed by atoms with Gasteiger partial charge in [0.15, 0.2) is 23.9 Å². The fourth-order valence-corrected chi connectivity index (χ4v) is 8.71. The first-order valence-electron chi connectivity index (χ1n) is 19.3. The number of nitrogens with zero attached hydrogens (tertiary/aromatic N) is 2. The number of piperidine rings is 1. The van der Waals surface area contributed by atoms with E-state index in [4.69, 9.17) is 46.9 Å². The Morgan fingerprint density at radius 3 is 2.32 bits per heavy atom. The highest BCUT2D eigenvalue weighted by Gasteiger charge is 2.36. The maximum atomic E-state index is 14.3. The number of carbonyl (C=O) groups excluding carboxylic acids is 2. The van der Waals surface area contributed by atoms with Crippen molar-refractivity contribution in [3.8, 4) is 17.2 Å². The Hall–Kier alpha value is -4.74. The molecule has 4 atom stereocenters. The monoisotopic (exact) mass is 891 g/mol. The third-order valence-corrected chi connectivity index (χ3v) is 12.5. The Kier molecular flexibility index (Phi) is 14.8. The Labute approximate surface area is 357 Å². The Morgan fingerprint density at radius 1 is 0.967 bits per heavy atom. The third kappa shape index (κ3) is 11.3. The quantitative estimate of drug-likeness (QED) is 0.0601. The van der Waals surface area contributed by atoms with Gasteiger partial charge in [0, 0.05) is 18.5 Å². The number of methoxy groups -OCH3 is 1. The molecule has 2 aliphatic rings. The van der Waals surface area contributed by atoms with Gasteiger partial charge in [-0.2, -0.15) is 18.2 Å². The molecule has 1 aromatic heterocycles. The highest BCUT2D eigenvalue weighted by molar-refractivity contribution is 7.89. The number of esters is 2. The zero-order valence-electron chi connectivity index (χ0n) is 33.0. The molecule has 2 heterocycles. The number of alkyl halides is 2. The van der Waals surface area contributed by atoms with E-state index in [0.717, 1.165) is 50.8 Å². The summed E-state index contributed by atoms with van der Waals surface area (Å²) in [5, 5.41) is 12.0. The number of carbonyl (C=O) groups is 2. The number of aromatic nitrogens is 1. The van der Waals surface area contributed by atoms with E-state index in [-0.39, 0.29) is 68.8 Å². The molecule has 1 N–H and O–H groups in total. The van der Waals surface area contributed by atoms with Gasteiger partial charge in [0.2, 0.25) is 10.0 Å².